The van der Waals surface area contributed by atoms with Gasteiger partial charge >= 0.3 is 0 Å². The summed E-state index contributed by atoms with van der Waals surface area (Å²) >= 11 is 5.72. The Morgan fingerprint density at radius 3 is 2.31 bits per heavy atom. The van der Waals surface area contributed by atoms with Crippen molar-refractivity contribution >= 4 is 11.6 Å². The van der Waals surface area contributed by atoms with E-state index in [9.17, 15) is 0 Å². The molecule has 1 aliphatic rings. The van der Waals surface area contributed by atoms with Crippen LogP contribution in [0.3, 0.4) is 0 Å². The first-order valence-corrected chi connectivity index (χ1v) is 7.32. The standard InChI is InChI=1S/C14H27ClO/c1-11(4-6-15)5-7-16-14-9-12(2)8-13(3)10-14/h11-14H,4-10H2,1-3H3. The number of hydrogen-bond acceptors (Lipinski definition) is 1. The van der Waals surface area contributed by atoms with Crippen LogP contribution in [0.2, 0.25) is 0 Å². The Balaban J connectivity index is 2.12. The van der Waals surface area contributed by atoms with Crippen molar-refractivity contribution in [2.45, 2.75) is 59.0 Å². The Bertz CT molecular complexity index is 174. The summed E-state index contributed by atoms with van der Waals surface area (Å²) in [7, 11) is 0. The molecule has 96 valence electrons. The lowest BCUT2D eigenvalue weighted by Gasteiger charge is -2.31. The summed E-state index contributed by atoms with van der Waals surface area (Å²) in [6, 6.07) is 0. The monoisotopic (exact) mass is 246 g/mol. The van der Waals surface area contributed by atoms with Gasteiger partial charge < -0.3 is 4.74 Å². The summed E-state index contributed by atoms with van der Waals surface area (Å²) in [5.74, 6) is 3.16. The van der Waals surface area contributed by atoms with E-state index in [-0.39, 0.29) is 0 Å². The van der Waals surface area contributed by atoms with E-state index in [1.807, 2.05) is 0 Å². The van der Waals surface area contributed by atoms with Gasteiger partial charge in [-0.05, 0) is 49.9 Å². The van der Waals surface area contributed by atoms with Crippen molar-refractivity contribution in [3.05, 3.63) is 0 Å². The first-order chi connectivity index (χ1) is 7.61. The van der Waals surface area contributed by atoms with E-state index >= 15 is 0 Å². The first-order valence-electron chi connectivity index (χ1n) is 6.79. The molecule has 1 fully saturated rings. The molecule has 0 heterocycles. The van der Waals surface area contributed by atoms with Gasteiger partial charge in [-0.15, -0.1) is 11.6 Å². The van der Waals surface area contributed by atoms with Gasteiger partial charge in [0.1, 0.15) is 0 Å². The predicted octanol–water partition coefficient (Wildman–Crippen LogP) is 4.48. The van der Waals surface area contributed by atoms with Crippen molar-refractivity contribution in [3.63, 3.8) is 0 Å². The largest absolute Gasteiger partial charge is 0.378 e. The Morgan fingerprint density at radius 2 is 1.75 bits per heavy atom. The second kappa shape index (κ2) is 7.55. The topological polar surface area (TPSA) is 9.23 Å². The van der Waals surface area contributed by atoms with E-state index in [1.54, 1.807) is 0 Å². The van der Waals surface area contributed by atoms with Crippen LogP contribution in [0.4, 0.5) is 0 Å². The van der Waals surface area contributed by atoms with E-state index in [0.29, 0.717) is 12.0 Å². The fourth-order valence-corrected chi connectivity index (χ4v) is 3.15. The minimum absolute atomic E-state index is 0.516. The molecule has 0 saturated heterocycles. The Kier molecular flexibility index (Phi) is 6.75. The van der Waals surface area contributed by atoms with Crippen LogP contribution in [0.25, 0.3) is 0 Å². The molecule has 1 aliphatic carbocycles. The minimum Gasteiger partial charge on any atom is -0.378 e. The molecule has 0 aromatic carbocycles. The van der Waals surface area contributed by atoms with Crippen molar-refractivity contribution in [1.29, 1.82) is 0 Å². The second-order valence-electron chi connectivity index (χ2n) is 5.78. The molecule has 1 rings (SSSR count). The Morgan fingerprint density at radius 1 is 1.12 bits per heavy atom. The van der Waals surface area contributed by atoms with E-state index in [2.05, 4.69) is 20.8 Å². The third-order valence-corrected chi connectivity index (χ3v) is 3.92. The van der Waals surface area contributed by atoms with Crippen LogP contribution in [-0.4, -0.2) is 18.6 Å². The highest BCUT2D eigenvalue weighted by Gasteiger charge is 2.24. The lowest BCUT2D eigenvalue weighted by Crippen LogP contribution is -2.26. The van der Waals surface area contributed by atoms with E-state index < -0.39 is 0 Å². The van der Waals surface area contributed by atoms with Crippen molar-refractivity contribution < 1.29 is 4.74 Å². The van der Waals surface area contributed by atoms with Crippen LogP contribution in [0.5, 0.6) is 0 Å². The molecule has 0 N–H and O–H groups in total. The second-order valence-corrected chi connectivity index (χ2v) is 6.16. The predicted molar refractivity (Wildman–Crippen MR) is 71.0 cm³/mol. The summed E-state index contributed by atoms with van der Waals surface area (Å²) in [4.78, 5) is 0. The minimum atomic E-state index is 0.516. The third-order valence-electron chi connectivity index (χ3n) is 3.70. The molecule has 3 atom stereocenters. The average molecular weight is 247 g/mol. The zero-order chi connectivity index (χ0) is 12.0. The lowest BCUT2D eigenvalue weighted by atomic mass is 9.82. The van der Waals surface area contributed by atoms with Crippen molar-refractivity contribution in [1.82, 2.24) is 0 Å². The van der Waals surface area contributed by atoms with Gasteiger partial charge in [0.05, 0.1) is 6.10 Å². The number of alkyl halides is 1. The zero-order valence-electron chi connectivity index (χ0n) is 11.0. The maximum absolute atomic E-state index is 6.00. The highest BCUT2D eigenvalue weighted by Crippen LogP contribution is 2.30. The number of halogens is 1. The number of rotatable bonds is 6. The van der Waals surface area contributed by atoms with E-state index in [4.69, 9.17) is 16.3 Å². The van der Waals surface area contributed by atoms with Gasteiger partial charge in [0, 0.05) is 12.5 Å². The molecular formula is C14H27ClO. The summed E-state index contributed by atoms with van der Waals surface area (Å²) in [5, 5.41) is 0. The SMILES string of the molecule is CC(CCCl)CCOC1CC(C)CC(C)C1. The number of ether oxygens (including phenoxy) is 1. The molecule has 0 aliphatic heterocycles. The molecular weight excluding hydrogens is 220 g/mol. The van der Waals surface area contributed by atoms with Crippen LogP contribution >= 0.6 is 11.6 Å². The van der Waals surface area contributed by atoms with Crippen LogP contribution in [0, 0.1) is 17.8 Å². The maximum Gasteiger partial charge on any atom is 0.0580 e. The summed E-state index contributed by atoms with van der Waals surface area (Å²) in [5.41, 5.74) is 0. The Labute approximate surface area is 106 Å². The molecule has 0 amide bonds. The highest BCUT2D eigenvalue weighted by atomic mass is 35.5. The van der Waals surface area contributed by atoms with Crippen LogP contribution in [-0.2, 0) is 4.74 Å². The molecule has 0 spiro atoms. The fourth-order valence-electron chi connectivity index (χ4n) is 2.78. The molecule has 0 radical (unpaired) electrons. The summed E-state index contributed by atoms with van der Waals surface area (Å²) in [6.45, 7) is 7.88. The number of hydrogen-bond donors (Lipinski definition) is 0. The maximum atomic E-state index is 6.00. The molecule has 2 heteroatoms. The normalized spacial score (nSPS) is 32.6. The van der Waals surface area contributed by atoms with Crippen LogP contribution in [0.1, 0.15) is 52.9 Å². The van der Waals surface area contributed by atoms with Gasteiger partial charge in [-0.2, -0.15) is 0 Å². The van der Waals surface area contributed by atoms with Gasteiger partial charge in [0.15, 0.2) is 0 Å². The molecule has 3 unspecified atom stereocenters. The smallest absolute Gasteiger partial charge is 0.0580 e. The van der Waals surface area contributed by atoms with Crippen molar-refractivity contribution in [2.24, 2.45) is 17.8 Å². The van der Waals surface area contributed by atoms with Gasteiger partial charge in [0.25, 0.3) is 0 Å². The first kappa shape index (κ1) is 14.3. The van der Waals surface area contributed by atoms with Crippen LogP contribution < -0.4 is 0 Å². The van der Waals surface area contributed by atoms with Crippen molar-refractivity contribution in [3.8, 4) is 0 Å². The van der Waals surface area contributed by atoms with E-state index in [0.717, 1.165) is 37.2 Å². The summed E-state index contributed by atoms with van der Waals surface area (Å²) in [6.07, 6.45) is 6.68. The van der Waals surface area contributed by atoms with Gasteiger partial charge in [-0.3, -0.25) is 0 Å². The summed E-state index contributed by atoms with van der Waals surface area (Å²) < 4.78 is 6.00. The van der Waals surface area contributed by atoms with Crippen molar-refractivity contribution in [2.75, 3.05) is 12.5 Å². The molecule has 1 nitrogen and oxygen atoms in total. The molecule has 0 bridgehead atoms. The molecule has 0 aromatic heterocycles. The van der Waals surface area contributed by atoms with E-state index in [1.165, 1.54) is 19.3 Å². The zero-order valence-corrected chi connectivity index (χ0v) is 11.8. The average Bonchev–Trinajstić information content (AvgIpc) is 2.16. The van der Waals surface area contributed by atoms with Crippen LogP contribution in [0.15, 0.2) is 0 Å². The lowest BCUT2D eigenvalue weighted by molar-refractivity contribution is -0.00392. The molecule has 1 saturated carbocycles. The van der Waals surface area contributed by atoms with Gasteiger partial charge in [0.2, 0.25) is 0 Å². The quantitative estimate of drug-likeness (QED) is 0.628. The molecule has 16 heavy (non-hydrogen) atoms. The third kappa shape index (κ3) is 5.54. The molecule has 0 aromatic rings. The Hall–Kier alpha value is 0.250. The fraction of sp³-hybridized carbons (Fsp3) is 1.00. The van der Waals surface area contributed by atoms with Gasteiger partial charge in [-0.25, -0.2) is 0 Å². The van der Waals surface area contributed by atoms with Gasteiger partial charge in [-0.1, -0.05) is 20.8 Å². The highest BCUT2D eigenvalue weighted by molar-refractivity contribution is 6.17.